The monoisotopic (exact) mass is 254 g/mol. The minimum absolute atomic E-state index is 0.417. The predicted octanol–water partition coefficient (Wildman–Crippen LogP) is 2.25. The van der Waals surface area contributed by atoms with Gasteiger partial charge in [0.1, 0.15) is 0 Å². The number of likely N-dealkylation sites (tertiary alicyclic amines) is 1. The van der Waals surface area contributed by atoms with Crippen molar-refractivity contribution in [2.75, 3.05) is 26.7 Å². The molecule has 1 saturated heterocycles. The molecule has 1 aliphatic heterocycles. The van der Waals surface area contributed by atoms with Crippen LogP contribution >= 0.6 is 0 Å². The zero-order chi connectivity index (χ0) is 13.0. The molecule has 2 rings (SSSR count). The minimum Gasteiger partial charge on any atom is -0.380 e. The van der Waals surface area contributed by atoms with Crippen LogP contribution in [-0.4, -0.2) is 43.8 Å². The van der Waals surface area contributed by atoms with Gasteiger partial charge < -0.3 is 15.4 Å². The molecule has 2 aliphatic rings. The van der Waals surface area contributed by atoms with Gasteiger partial charge in [-0.15, -0.1) is 0 Å². The molecule has 18 heavy (non-hydrogen) atoms. The van der Waals surface area contributed by atoms with Crippen molar-refractivity contribution in [3.8, 4) is 0 Å². The Labute approximate surface area is 112 Å². The molecule has 0 aromatic carbocycles. The number of hydrogen-bond acceptors (Lipinski definition) is 3. The molecular formula is C15H30N2O. The van der Waals surface area contributed by atoms with E-state index in [1.165, 1.54) is 51.6 Å². The molecule has 0 amide bonds. The van der Waals surface area contributed by atoms with Gasteiger partial charge in [0, 0.05) is 26.2 Å². The van der Waals surface area contributed by atoms with Crippen LogP contribution in [0.4, 0.5) is 0 Å². The Morgan fingerprint density at radius 2 is 1.94 bits per heavy atom. The lowest BCUT2D eigenvalue weighted by atomic mass is 9.91. The van der Waals surface area contributed by atoms with Crippen molar-refractivity contribution in [1.82, 2.24) is 4.90 Å². The van der Waals surface area contributed by atoms with Crippen LogP contribution in [-0.2, 0) is 4.74 Å². The number of rotatable bonds is 3. The molecule has 2 fully saturated rings. The highest BCUT2D eigenvalue weighted by Crippen LogP contribution is 2.26. The van der Waals surface area contributed by atoms with Crippen molar-refractivity contribution in [3.63, 3.8) is 0 Å². The highest BCUT2D eigenvalue weighted by atomic mass is 16.5. The van der Waals surface area contributed by atoms with Crippen LogP contribution in [0.5, 0.6) is 0 Å². The third-order valence-corrected chi connectivity index (χ3v) is 4.99. The highest BCUT2D eigenvalue weighted by Gasteiger charge is 2.29. The predicted molar refractivity (Wildman–Crippen MR) is 75.6 cm³/mol. The Morgan fingerprint density at radius 1 is 1.17 bits per heavy atom. The van der Waals surface area contributed by atoms with E-state index in [2.05, 4.69) is 11.8 Å². The molecule has 3 nitrogen and oxygen atoms in total. The van der Waals surface area contributed by atoms with E-state index in [9.17, 15) is 0 Å². The number of piperidine rings is 1. The molecule has 0 bridgehead atoms. The van der Waals surface area contributed by atoms with Crippen molar-refractivity contribution < 1.29 is 4.74 Å². The number of ether oxygens (including phenoxy) is 1. The van der Waals surface area contributed by atoms with Crippen LogP contribution in [0, 0.1) is 11.8 Å². The van der Waals surface area contributed by atoms with E-state index in [0.717, 1.165) is 6.54 Å². The third kappa shape index (κ3) is 3.69. The molecule has 2 N–H and O–H groups in total. The summed E-state index contributed by atoms with van der Waals surface area (Å²) in [4.78, 5) is 2.59. The van der Waals surface area contributed by atoms with Crippen LogP contribution in [0.25, 0.3) is 0 Å². The summed E-state index contributed by atoms with van der Waals surface area (Å²) in [5.41, 5.74) is 6.33. The fourth-order valence-electron chi connectivity index (χ4n) is 3.54. The van der Waals surface area contributed by atoms with E-state index in [4.69, 9.17) is 10.5 Å². The van der Waals surface area contributed by atoms with Crippen molar-refractivity contribution in [2.24, 2.45) is 17.6 Å². The third-order valence-electron chi connectivity index (χ3n) is 4.99. The normalized spacial score (nSPS) is 39.5. The maximum Gasteiger partial charge on any atom is 0.0724 e. The summed E-state index contributed by atoms with van der Waals surface area (Å²) >= 11 is 0. The van der Waals surface area contributed by atoms with Gasteiger partial charge in [0.2, 0.25) is 0 Å². The smallest absolute Gasteiger partial charge is 0.0724 e. The van der Waals surface area contributed by atoms with E-state index >= 15 is 0 Å². The van der Waals surface area contributed by atoms with Gasteiger partial charge in [0.15, 0.2) is 0 Å². The van der Waals surface area contributed by atoms with Gasteiger partial charge in [-0.3, -0.25) is 0 Å². The Morgan fingerprint density at radius 3 is 2.72 bits per heavy atom. The summed E-state index contributed by atoms with van der Waals surface area (Å²) in [6.07, 6.45) is 8.31. The lowest BCUT2D eigenvalue weighted by molar-refractivity contribution is -0.0106. The summed E-state index contributed by atoms with van der Waals surface area (Å²) in [5, 5.41) is 0. The van der Waals surface area contributed by atoms with Crippen molar-refractivity contribution >= 4 is 0 Å². The molecule has 106 valence electrons. The molecule has 0 radical (unpaired) electrons. The van der Waals surface area contributed by atoms with E-state index in [1.54, 1.807) is 0 Å². The molecule has 3 heteroatoms. The van der Waals surface area contributed by atoms with E-state index in [0.29, 0.717) is 24.0 Å². The van der Waals surface area contributed by atoms with Crippen LogP contribution in [0.2, 0.25) is 0 Å². The first-order valence-corrected chi connectivity index (χ1v) is 7.71. The first-order valence-electron chi connectivity index (χ1n) is 7.71. The largest absolute Gasteiger partial charge is 0.380 e. The van der Waals surface area contributed by atoms with Crippen molar-refractivity contribution in [3.05, 3.63) is 0 Å². The Hall–Kier alpha value is -0.120. The molecule has 4 unspecified atom stereocenters. The highest BCUT2D eigenvalue weighted by molar-refractivity contribution is 4.84. The van der Waals surface area contributed by atoms with Gasteiger partial charge in [-0.1, -0.05) is 26.2 Å². The first kappa shape index (κ1) is 14.3. The summed E-state index contributed by atoms with van der Waals surface area (Å²) in [7, 11) is 1.85. The maximum atomic E-state index is 6.33. The van der Waals surface area contributed by atoms with Gasteiger partial charge in [0.25, 0.3) is 0 Å². The van der Waals surface area contributed by atoms with Gasteiger partial charge in [-0.25, -0.2) is 0 Å². The van der Waals surface area contributed by atoms with Crippen molar-refractivity contribution in [1.29, 1.82) is 0 Å². The van der Waals surface area contributed by atoms with Crippen LogP contribution in [0.15, 0.2) is 0 Å². The zero-order valence-corrected chi connectivity index (χ0v) is 12.1. The number of methoxy groups -OCH3 is 1. The first-order chi connectivity index (χ1) is 8.70. The Bertz CT molecular complexity index is 247. The minimum atomic E-state index is 0.417. The molecule has 0 aromatic rings. The lowest BCUT2D eigenvalue weighted by Crippen LogP contribution is -2.47. The standard InChI is InChI=1S/C15H30N2O/c1-12-8-9-17(11-15(12)18-2)10-13-6-4-3-5-7-14(13)16/h12-15H,3-11,16H2,1-2H3. The average molecular weight is 254 g/mol. The molecule has 4 atom stereocenters. The van der Waals surface area contributed by atoms with E-state index in [-0.39, 0.29) is 0 Å². The fourth-order valence-corrected chi connectivity index (χ4v) is 3.54. The maximum absolute atomic E-state index is 6.33. The fraction of sp³-hybridized carbons (Fsp3) is 1.00. The number of hydrogen-bond donors (Lipinski definition) is 1. The summed E-state index contributed by atoms with van der Waals surface area (Å²) < 4.78 is 5.60. The SMILES string of the molecule is COC1CN(CC2CCCCCC2N)CCC1C. The van der Waals surface area contributed by atoms with Gasteiger partial charge in [0.05, 0.1) is 6.10 Å². The lowest BCUT2D eigenvalue weighted by Gasteiger charge is -2.38. The van der Waals surface area contributed by atoms with Gasteiger partial charge in [-0.2, -0.15) is 0 Å². The molecule has 1 saturated carbocycles. The Balaban J connectivity index is 1.84. The second kappa shape index (κ2) is 6.88. The second-order valence-electron chi connectivity index (χ2n) is 6.36. The van der Waals surface area contributed by atoms with E-state index < -0.39 is 0 Å². The average Bonchev–Trinajstić information content (AvgIpc) is 2.57. The second-order valence-corrected chi connectivity index (χ2v) is 6.36. The summed E-state index contributed by atoms with van der Waals surface area (Å²) in [6.45, 7) is 5.82. The van der Waals surface area contributed by atoms with Crippen LogP contribution in [0.3, 0.4) is 0 Å². The molecule has 0 aromatic heterocycles. The molecular weight excluding hydrogens is 224 g/mol. The van der Waals surface area contributed by atoms with E-state index in [1.807, 2.05) is 7.11 Å². The van der Waals surface area contributed by atoms with Crippen LogP contribution < -0.4 is 5.73 Å². The number of nitrogens with zero attached hydrogens (tertiary/aromatic N) is 1. The topological polar surface area (TPSA) is 38.5 Å². The molecule has 1 aliphatic carbocycles. The zero-order valence-electron chi connectivity index (χ0n) is 12.1. The molecule has 1 heterocycles. The Kier molecular flexibility index (Phi) is 5.46. The quantitative estimate of drug-likeness (QED) is 0.785. The van der Waals surface area contributed by atoms with Crippen molar-refractivity contribution in [2.45, 2.75) is 57.6 Å². The molecule has 0 spiro atoms. The summed E-state index contributed by atoms with van der Waals surface area (Å²) in [6, 6.07) is 0.424. The van der Waals surface area contributed by atoms with Gasteiger partial charge in [-0.05, 0) is 37.6 Å². The summed E-state index contributed by atoms with van der Waals surface area (Å²) in [5.74, 6) is 1.41. The number of nitrogens with two attached hydrogens (primary N) is 1. The van der Waals surface area contributed by atoms with Crippen LogP contribution in [0.1, 0.15) is 45.4 Å². The van der Waals surface area contributed by atoms with Gasteiger partial charge >= 0.3 is 0 Å².